The largest absolute Gasteiger partial charge is 0.492 e. The average Bonchev–Trinajstić information content (AvgIpc) is 2.58. The molecule has 0 aliphatic rings. The molecular formula is C18H25N3O5S2. The van der Waals surface area contributed by atoms with Crippen LogP contribution in [0.25, 0.3) is 0 Å². The molecule has 10 heteroatoms. The first-order valence-corrected chi connectivity index (χ1v) is 12.4. The van der Waals surface area contributed by atoms with Crippen molar-refractivity contribution in [1.82, 2.24) is 5.32 Å². The average molecular weight is 428 g/mol. The van der Waals surface area contributed by atoms with Gasteiger partial charge in [0.05, 0.1) is 12.5 Å². The summed E-state index contributed by atoms with van der Waals surface area (Å²) in [5.74, 6) is 0.662. The Morgan fingerprint density at radius 2 is 1.25 bits per heavy atom. The minimum absolute atomic E-state index is 0.482. The van der Waals surface area contributed by atoms with Crippen LogP contribution in [0.5, 0.6) is 5.75 Å². The van der Waals surface area contributed by atoms with Crippen LogP contribution in [0, 0.1) is 0 Å². The van der Waals surface area contributed by atoms with Crippen molar-refractivity contribution in [2.24, 2.45) is 0 Å². The van der Waals surface area contributed by atoms with Gasteiger partial charge in [-0.2, -0.15) is 0 Å². The quantitative estimate of drug-likeness (QED) is 0.470. The predicted octanol–water partition coefficient (Wildman–Crippen LogP) is 1.64. The molecule has 0 radical (unpaired) electrons. The minimum Gasteiger partial charge on any atom is -0.492 e. The van der Waals surface area contributed by atoms with Gasteiger partial charge in [-0.25, -0.2) is 16.8 Å². The Hall–Kier alpha value is -2.30. The van der Waals surface area contributed by atoms with Crippen LogP contribution in [0.15, 0.2) is 48.5 Å². The molecule has 0 aliphatic heterocycles. The van der Waals surface area contributed by atoms with E-state index >= 15 is 0 Å². The number of ether oxygens (including phenoxy) is 1. The van der Waals surface area contributed by atoms with Crippen molar-refractivity contribution in [3.63, 3.8) is 0 Å². The summed E-state index contributed by atoms with van der Waals surface area (Å²) >= 11 is 0. The van der Waals surface area contributed by atoms with E-state index in [1.54, 1.807) is 36.4 Å². The van der Waals surface area contributed by atoms with Crippen molar-refractivity contribution in [2.75, 3.05) is 41.7 Å². The van der Waals surface area contributed by atoms with Gasteiger partial charge in [-0.05, 0) is 54.9 Å². The van der Waals surface area contributed by atoms with Gasteiger partial charge in [0.25, 0.3) is 0 Å². The topological polar surface area (TPSA) is 114 Å². The van der Waals surface area contributed by atoms with Gasteiger partial charge in [0.15, 0.2) is 0 Å². The molecule has 2 rings (SSSR count). The molecule has 0 spiro atoms. The number of hydrogen-bond acceptors (Lipinski definition) is 6. The fraction of sp³-hybridized carbons (Fsp3) is 0.333. The molecule has 0 amide bonds. The van der Waals surface area contributed by atoms with Crippen LogP contribution in [0.2, 0.25) is 0 Å². The lowest BCUT2D eigenvalue weighted by Crippen LogP contribution is -2.23. The number of sulfonamides is 2. The molecule has 0 unspecified atom stereocenters. The van der Waals surface area contributed by atoms with Crippen molar-refractivity contribution in [1.29, 1.82) is 0 Å². The lowest BCUT2D eigenvalue weighted by Gasteiger charge is -2.09. The Morgan fingerprint density at radius 1 is 0.750 bits per heavy atom. The van der Waals surface area contributed by atoms with Gasteiger partial charge < -0.3 is 10.1 Å². The molecule has 154 valence electrons. The second-order valence-electron chi connectivity index (χ2n) is 6.32. The number of hydrogen-bond donors (Lipinski definition) is 3. The summed E-state index contributed by atoms with van der Waals surface area (Å²) in [5.41, 5.74) is 2.14. The fourth-order valence-corrected chi connectivity index (χ4v) is 3.51. The van der Waals surface area contributed by atoms with E-state index < -0.39 is 20.0 Å². The van der Waals surface area contributed by atoms with Crippen molar-refractivity contribution < 1.29 is 21.6 Å². The molecule has 2 aromatic rings. The second-order valence-corrected chi connectivity index (χ2v) is 9.82. The van der Waals surface area contributed by atoms with Gasteiger partial charge in [0, 0.05) is 17.9 Å². The summed E-state index contributed by atoms with van der Waals surface area (Å²) in [5, 5.41) is 3.27. The van der Waals surface area contributed by atoms with Crippen molar-refractivity contribution in [3.8, 4) is 5.75 Å². The summed E-state index contributed by atoms with van der Waals surface area (Å²) in [6.45, 7) is 1.91. The SMILES string of the molecule is CS(=O)(=O)Nc1ccc(CCNCCOc2ccc(NS(C)(=O)=O)cc2)cc1. The normalized spacial score (nSPS) is 11.8. The summed E-state index contributed by atoms with van der Waals surface area (Å²) in [4.78, 5) is 0. The van der Waals surface area contributed by atoms with Crippen LogP contribution in [0.3, 0.4) is 0 Å². The minimum atomic E-state index is -3.28. The molecule has 0 saturated heterocycles. The Balaban J connectivity index is 1.64. The Morgan fingerprint density at radius 3 is 1.75 bits per heavy atom. The zero-order valence-electron chi connectivity index (χ0n) is 15.8. The van der Waals surface area contributed by atoms with Gasteiger partial charge in [-0.15, -0.1) is 0 Å². The van der Waals surface area contributed by atoms with Crippen LogP contribution >= 0.6 is 0 Å². The van der Waals surface area contributed by atoms with Gasteiger partial charge in [0.2, 0.25) is 20.0 Å². The highest BCUT2D eigenvalue weighted by Gasteiger charge is 2.03. The molecule has 0 bridgehead atoms. The van der Waals surface area contributed by atoms with E-state index in [4.69, 9.17) is 4.74 Å². The summed E-state index contributed by atoms with van der Waals surface area (Å²) in [6.07, 6.45) is 3.03. The molecule has 0 aromatic heterocycles. The lowest BCUT2D eigenvalue weighted by atomic mass is 10.1. The Bertz CT molecular complexity index is 876. The maximum absolute atomic E-state index is 11.2. The Kier molecular flexibility index (Phi) is 7.67. The predicted molar refractivity (Wildman–Crippen MR) is 112 cm³/mol. The van der Waals surface area contributed by atoms with Gasteiger partial charge in [-0.3, -0.25) is 9.44 Å². The Labute approximate surface area is 166 Å². The molecule has 8 nitrogen and oxygen atoms in total. The molecule has 0 atom stereocenters. The summed E-state index contributed by atoms with van der Waals surface area (Å²) < 4.78 is 55.1. The first-order chi connectivity index (χ1) is 13.1. The fourth-order valence-electron chi connectivity index (χ4n) is 2.39. The number of anilines is 2. The maximum atomic E-state index is 11.2. The van der Waals surface area contributed by atoms with Crippen molar-refractivity contribution >= 4 is 31.4 Å². The molecule has 28 heavy (non-hydrogen) atoms. The van der Waals surface area contributed by atoms with Crippen molar-refractivity contribution in [3.05, 3.63) is 54.1 Å². The molecule has 0 fully saturated rings. The molecule has 0 saturated carbocycles. The zero-order valence-corrected chi connectivity index (χ0v) is 17.4. The molecule has 3 N–H and O–H groups in total. The number of benzene rings is 2. The van der Waals surface area contributed by atoms with E-state index in [9.17, 15) is 16.8 Å². The van der Waals surface area contributed by atoms with Crippen LogP contribution in [0.1, 0.15) is 5.56 Å². The number of rotatable bonds is 11. The first-order valence-electron chi connectivity index (χ1n) is 8.59. The second kappa shape index (κ2) is 9.76. The van der Waals surface area contributed by atoms with Crippen molar-refractivity contribution in [2.45, 2.75) is 6.42 Å². The van der Waals surface area contributed by atoms with E-state index in [1.165, 1.54) is 0 Å². The van der Waals surface area contributed by atoms with Crippen LogP contribution < -0.4 is 19.5 Å². The highest BCUT2D eigenvalue weighted by molar-refractivity contribution is 7.92. The van der Waals surface area contributed by atoms with Gasteiger partial charge in [0.1, 0.15) is 12.4 Å². The first kappa shape index (κ1) is 22.0. The maximum Gasteiger partial charge on any atom is 0.229 e. The third-order valence-electron chi connectivity index (χ3n) is 3.55. The van der Waals surface area contributed by atoms with E-state index in [1.807, 2.05) is 12.1 Å². The molecule has 2 aromatic carbocycles. The highest BCUT2D eigenvalue weighted by atomic mass is 32.2. The smallest absolute Gasteiger partial charge is 0.229 e. The van der Waals surface area contributed by atoms with E-state index in [-0.39, 0.29) is 0 Å². The van der Waals surface area contributed by atoms with Gasteiger partial charge >= 0.3 is 0 Å². The molecular weight excluding hydrogens is 402 g/mol. The van der Waals surface area contributed by atoms with E-state index in [0.29, 0.717) is 30.3 Å². The lowest BCUT2D eigenvalue weighted by molar-refractivity contribution is 0.314. The zero-order chi connectivity index (χ0) is 20.6. The molecule has 0 heterocycles. The van der Waals surface area contributed by atoms with E-state index in [2.05, 4.69) is 14.8 Å². The molecule has 0 aliphatic carbocycles. The van der Waals surface area contributed by atoms with Gasteiger partial charge in [-0.1, -0.05) is 12.1 Å². The standard InChI is InChI=1S/C18H25N3O5S2/c1-27(22,23)20-16-5-3-15(4-6-16)11-12-19-13-14-26-18-9-7-17(8-10-18)21-28(2,24)25/h3-10,19-21H,11-14H2,1-2H3. The monoisotopic (exact) mass is 427 g/mol. The van der Waals surface area contributed by atoms with E-state index in [0.717, 1.165) is 31.0 Å². The summed E-state index contributed by atoms with van der Waals surface area (Å²) in [6, 6.07) is 14.0. The van der Waals surface area contributed by atoms with Crippen LogP contribution in [0.4, 0.5) is 11.4 Å². The third kappa shape index (κ3) is 9.07. The van der Waals surface area contributed by atoms with Crippen LogP contribution in [-0.2, 0) is 26.5 Å². The van der Waals surface area contributed by atoms with Crippen LogP contribution in [-0.4, -0.2) is 49.0 Å². The third-order valence-corrected chi connectivity index (χ3v) is 4.77. The number of nitrogens with one attached hydrogen (secondary N) is 3. The summed E-state index contributed by atoms with van der Waals surface area (Å²) in [7, 11) is -6.54. The highest BCUT2D eigenvalue weighted by Crippen LogP contribution is 2.16.